The number of halogens is 1. The Morgan fingerprint density at radius 2 is 2.42 bits per heavy atom. The Labute approximate surface area is 70.9 Å². The van der Waals surface area contributed by atoms with E-state index in [1.807, 2.05) is 6.92 Å². The van der Waals surface area contributed by atoms with Gasteiger partial charge in [0.1, 0.15) is 0 Å². The third kappa shape index (κ3) is 2.51. The second kappa shape index (κ2) is 4.72. The van der Waals surface area contributed by atoms with E-state index in [0.717, 1.165) is 0 Å². The van der Waals surface area contributed by atoms with Gasteiger partial charge in [0.05, 0.1) is 0 Å². The van der Waals surface area contributed by atoms with E-state index < -0.39 is 5.82 Å². The molecule has 0 aliphatic rings. The summed E-state index contributed by atoms with van der Waals surface area (Å²) >= 11 is 0. The number of benzene rings is 1. The number of hydrogen-bond acceptors (Lipinski definition) is 2. The highest BCUT2D eigenvalue weighted by molar-refractivity contribution is 5.21. The van der Waals surface area contributed by atoms with Gasteiger partial charge < -0.3 is 9.47 Å². The van der Waals surface area contributed by atoms with E-state index in [0.29, 0.717) is 6.61 Å². The molecule has 0 amide bonds. The summed E-state index contributed by atoms with van der Waals surface area (Å²) in [6.07, 6.45) is 0. The van der Waals surface area contributed by atoms with Crippen molar-refractivity contribution in [1.82, 2.24) is 0 Å². The highest BCUT2D eigenvalue weighted by Gasteiger charge is 1.99. The van der Waals surface area contributed by atoms with Crippen LogP contribution in [0.2, 0.25) is 0 Å². The molecule has 0 aromatic heterocycles. The van der Waals surface area contributed by atoms with Crippen molar-refractivity contribution in [2.75, 3.05) is 13.4 Å². The van der Waals surface area contributed by atoms with Gasteiger partial charge in [0.25, 0.3) is 0 Å². The maximum Gasteiger partial charge on any atom is 0.189 e. The van der Waals surface area contributed by atoms with Crippen molar-refractivity contribution in [2.24, 2.45) is 0 Å². The lowest BCUT2D eigenvalue weighted by Gasteiger charge is -2.05. The SMILES string of the molecule is CCOCOc1[c]cccc1F. The van der Waals surface area contributed by atoms with Crippen LogP contribution >= 0.6 is 0 Å². The lowest BCUT2D eigenvalue weighted by Crippen LogP contribution is -2.03. The molecule has 0 unspecified atom stereocenters. The van der Waals surface area contributed by atoms with Gasteiger partial charge in [-0.25, -0.2) is 4.39 Å². The molecule has 0 saturated heterocycles. The summed E-state index contributed by atoms with van der Waals surface area (Å²) in [4.78, 5) is 0. The Hall–Kier alpha value is -1.09. The summed E-state index contributed by atoms with van der Waals surface area (Å²) in [5.41, 5.74) is 0. The molecule has 0 bridgehead atoms. The van der Waals surface area contributed by atoms with Crippen molar-refractivity contribution in [1.29, 1.82) is 0 Å². The number of ether oxygens (including phenoxy) is 2. The van der Waals surface area contributed by atoms with Crippen LogP contribution in [-0.4, -0.2) is 13.4 Å². The molecule has 0 fully saturated rings. The van der Waals surface area contributed by atoms with Crippen LogP contribution in [0.1, 0.15) is 6.92 Å². The minimum Gasteiger partial charge on any atom is -0.464 e. The van der Waals surface area contributed by atoms with E-state index >= 15 is 0 Å². The molecule has 2 nitrogen and oxygen atoms in total. The van der Waals surface area contributed by atoms with E-state index in [1.54, 1.807) is 12.1 Å². The maximum atomic E-state index is 12.8. The summed E-state index contributed by atoms with van der Waals surface area (Å²) in [7, 11) is 0. The molecular weight excluding hydrogens is 159 g/mol. The van der Waals surface area contributed by atoms with Crippen molar-refractivity contribution in [3.63, 3.8) is 0 Å². The predicted octanol–water partition coefficient (Wildman–Crippen LogP) is 2.00. The smallest absolute Gasteiger partial charge is 0.189 e. The predicted molar refractivity (Wildman–Crippen MR) is 42.4 cm³/mol. The molecule has 65 valence electrons. The fraction of sp³-hybridized carbons (Fsp3) is 0.333. The zero-order valence-electron chi connectivity index (χ0n) is 6.84. The van der Waals surface area contributed by atoms with Gasteiger partial charge in [-0.2, -0.15) is 0 Å². The Bertz CT molecular complexity index is 238. The standard InChI is InChI=1S/C9H10FO2/c1-2-11-7-12-9-6-4-3-5-8(9)10/h3-5H,2,7H2,1H3. The first-order valence-corrected chi connectivity index (χ1v) is 3.71. The molecule has 1 rings (SSSR count). The van der Waals surface area contributed by atoms with E-state index in [4.69, 9.17) is 9.47 Å². The van der Waals surface area contributed by atoms with Crippen molar-refractivity contribution in [2.45, 2.75) is 6.92 Å². The molecule has 1 aromatic carbocycles. The summed E-state index contributed by atoms with van der Waals surface area (Å²) in [5.74, 6) is -0.317. The number of para-hydroxylation sites is 1. The quantitative estimate of drug-likeness (QED) is 0.507. The Morgan fingerprint density at radius 1 is 1.58 bits per heavy atom. The molecular formula is C9H10FO2. The topological polar surface area (TPSA) is 18.5 Å². The van der Waals surface area contributed by atoms with E-state index in [2.05, 4.69) is 6.07 Å². The maximum absolute atomic E-state index is 12.8. The van der Waals surface area contributed by atoms with Gasteiger partial charge in [0.2, 0.25) is 0 Å². The van der Waals surface area contributed by atoms with Crippen LogP contribution in [0.5, 0.6) is 5.75 Å². The molecule has 0 saturated carbocycles. The first-order valence-electron chi connectivity index (χ1n) is 3.71. The first-order chi connectivity index (χ1) is 5.84. The largest absolute Gasteiger partial charge is 0.464 e. The highest BCUT2D eigenvalue weighted by atomic mass is 19.1. The van der Waals surface area contributed by atoms with Gasteiger partial charge in [0.15, 0.2) is 18.4 Å². The average molecular weight is 169 g/mol. The molecule has 3 heteroatoms. The second-order valence-corrected chi connectivity index (χ2v) is 2.10. The van der Waals surface area contributed by atoms with Gasteiger partial charge >= 0.3 is 0 Å². The van der Waals surface area contributed by atoms with Crippen LogP contribution in [0.3, 0.4) is 0 Å². The molecule has 1 radical (unpaired) electrons. The fourth-order valence-electron chi connectivity index (χ4n) is 0.696. The number of hydrogen-bond donors (Lipinski definition) is 0. The monoisotopic (exact) mass is 169 g/mol. The van der Waals surface area contributed by atoms with Crippen LogP contribution in [0, 0.1) is 11.9 Å². The van der Waals surface area contributed by atoms with E-state index in [-0.39, 0.29) is 12.5 Å². The number of rotatable bonds is 4. The van der Waals surface area contributed by atoms with Crippen LogP contribution in [0.25, 0.3) is 0 Å². The molecule has 0 heterocycles. The van der Waals surface area contributed by atoms with Crippen molar-refractivity contribution < 1.29 is 13.9 Å². The Balaban J connectivity index is 2.46. The Kier molecular flexibility index (Phi) is 3.54. The second-order valence-electron chi connectivity index (χ2n) is 2.10. The molecule has 0 spiro atoms. The third-order valence-electron chi connectivity index (χ3n) is 1.26. The van der Waals surface area contributed by atoms with Crippen molar-refractivity contribution in [3.05, 3.63) is 30.1 Å². The normalized spacial score (nSPS) is 9.83. The van der Waals surface area contributed by atoms with Crippen LogP contribution in [0.4, 0.5) is 4.39 Å². The third-order valence-corrected chi connectivity index (χ3v) is 1.26. The van der Waals surface area contributed by atoms with E-state index in [1.165, 1.54) is 6.07 Å². The fourth-order valence-corrected chi connectivity index (χ4v) is 0.696. The first kappa shape index (κ1) is 9.00. The van der Waals surface area contributed by atoms with Crippen LogP contribution in [-0.2, 0) is 4.74 Å². The zero-order valence-corrected chi connectivity index (χ0v) is 6.84. The van der Waals surface area contributed by atoms with Gasteiger partial charge in [-0.15, -0.1) is 0 Å². The van der Waals surface area contributed by atoms with Crippen LogP contribution < -0.4 is 4.74 Å². The lowest BCUT2D eigenvalue weighted by molar-refractivity contribution is 0.0199. The summed E-state index contributed by atoms with van der Waals surface area (Å²) in [6, 6.07) is 7.08. The highest BCUT2D eigenvalue weighted by Crippen LogP contribution is 2.13. The van der Waals surface area contributed by atoms with E-state index in [9.17, 15) is 4.39 Å². The molecule has 0 atom stereocenters. The minimum absolute atomic E-state index is 0.0634. The van der Waals surface area contributed by atoms with Gasteiger partial charge in [-0.3, -0.25) is 0 Å². The summed E-state index contributed by atoms with van der Waals surface area (Å²) in [6.45, 7) is 2.46. The minimum atomic E-state index is -0.419. The van der Waals surface area contributed by atoms with Gasteiger partial charge in [0, 0.05) is 12.7 Å². The molecule has 0 aliphatic carbocycles. The molecule has 0 aliphatic heterocycles. The average Bonchev–Trinajstić information content (AvgIpc) is 2.09. The summed E-state index contributed by atoms with van der Waals surface area (Å²) < 4.78 is 22.6. The lowest BCUT2D eigenvalue weighted by atomic mass is 10.3. The molecule has 12 heavy (non-hydrogen) atoms. The van der Waals surface area contributed by atoms with Gasteiger partial charge in [-0.05, 0) is 13.0 Å². The molecule has 0 N–H and O–H groups in total. The molecule has 1 aromatic rings. The van der Waals surface area contributed by atoms with Crippen molar-refractivity contribution in [3.8, 4) is 5.75 Å². The Morgan fingerprint density at radius 3 is 3.08 bits per heavy atom. The van der Waals surface area contributed by atoms with Gasteiger partial charge in [-0.1, -0.05) is 12.1 Å². The summed E-state index contributed by atoms with van der Waals surface area (Å²) in [5, 5.41) is 0. The van der Waals surface area contributed by atoms with Crippen LogP contribution in [0.15, 0.2) is 18.2 Å². The van der Waals surface area contributed by atoms with Crippen molar-refractivity contribution >= 4 is 0 Å². The zero-order chi connectivity index (χ0) is 8.81.